The van der Waals surface area contributed by atoms with Crippen molar-refractivity contribution in [2.24, 2.45) is 5.92 Å². The molecule has 0 radical (unpaired) electrons. The molecule has 1 fully saturated rings. The fourth-order valence-corrected chi connectivity index (χ4v) is 1.85. The van der Waals surface area contributed by atoms with Crippen molar-refractivity contribution in [3.63, 3.8) is 0 Å². The van der Waals surface area contributed by atoms with E-state index < -0.39 is 0 Å². The fraction of sp³-hybridized carbons (Fsp3) is 0.385. The standard InChI is InChI=1S/C13H17N/c1-2-4-12(5-3-1)6-7-13-8-10-14-11-9-13/h1-7,13-14H,8-11H2/b7-6+. The Balaban J connectivity index is 1.93. The van der Waals surface area contributed by atoms with Crippen LogP contribution in [0.1, 0.15) is 18.4 Å². The molecule has 1 aromatic carbocycles. The SMILES string of the molecule is C(=C\C1CCNCC1)/c1ccccc1. The van der Waals surface area contributed by atoms with E-state index in [9.17, 15) is 0 Å². The minimum atomic E-state index is 0.774. The smallest absolute Gasteiger partial charge is 0.00433 e. The molecule has 1 heteroatoms. The van der Waals surface area contributed by atoms with Crippen molar-refractivity contribution in [1.82, 2.24) is 5.32 Å². The maximum absolute atomic E-state index is 3.38. The van der Waals surface area contributed by atoms with Crippen LogP contribution in [0.15, 0.2) is 36.4 Å². The summed E-state index contributed by atoms with van der Waals surface area (Å²) in [6.45, 7) is 2.34. The van der Waals surface area contributed by atoms with Gasteiger partial charge >= 0.3 is 0 Å². The van der Waals surface area contributed by atoms with Crippen LogP contribution in [0.2, 0.25) is 0 Å². The van der Waals surface area contributed by atoms with Crippen molar-refractivity contribution in [3.05, 3.63) is 42.0 Å². The molecule has 1 aromatic rings. The number of hydrogen-bond donors (Lipinski definition) is 1. The molecule has 0 aliphatic carbocycles. The van der Waals surface area contributed by atoms with Gasteiger partial charge in [-0.25, -0.2) is 0 Å². The fourth-order valence-electron chi connectivity index (χ4n) is 1.85. The summed E-state index contributed by atoms with van der Waals surface area (Å²) in [6.07, 6.45) is 7.17. The van der Waals surface area contributed by atoms with Crippen LogP contribution >= 0.6 is 0 Å². The Labute approximate surface area is 85.8 Å². The zero-order chi connectivity index (χ0) is 9.64. The highest BCUT2D eigenvalue weighted by Crippen LogP contribution is 2.14. The summed E-state index contributed by atoms with van der Waals surface area (Å²) in [5.41, 5.74) is 1.31. The Morgan fingerprint density at radius 2 is 1.79 bits per heavy atom. The van der Waals surface area contributed by atoms with Crippen molar-refractivity contribution >= 4 is 6.08 Å². The van der Waals surface area contributed by atoms with Crippen molar-refractivity contribution < 1.29 is 0 Å². The van der Waals surface area contributed by atoms with E-state index in [1.807, 2.05) is 0 Å². The lowest BCUT2D eigenvalue weighted by molar-refractivity contribution is 0.438. The average molecular weight is 187 g/mol. The summed E-state index contributed by atoms with van der Waals surface area (Å²) in [4.78, 5) is 0. The third-order valence-electron chi connectivity index (χ3n) is 2.74. The molecule has 0 amide bonds. The van der Waals surface area contributed by atoms with E-state index >= 15 is 0 Å². The number of rotatable bonds is 2. The zero-order valence-corrected chi connectivity index (χ0v) is 8.45. The Kier molecular flexibility index (Phi) is 3.36. The highest BCUT2D eigenvalue weighted by atomic mass is 14.9. The number of allylic oxidation sites excluding steroid dienone is 1. The first-order valence-corrected chi connectivity index (χ1v) is 5.39. The number of hydrogen-bond acceptors (Lipinski definition) is 1. The first-order chi connectivity index (χ1) is 6.95. The van der Waals surface area contributed by atoms with Crippen LogP contribution < -0.4 is 5.32 Å². The van der Waals surface area contributed by atoms with E-state index in [0.29, 0.717) is 0 Å². The van der Waals surface area contributed by atoms with E-state index in [1.54, 1.807) is 0 Å². The van der Waals surface area contributed by atoms with Crippen LogP contribution in [0.25, 0.3) is 6.08 Å². The summed E-state index contributed by atoms with van der Waals surface area (Å²) < 4.78 is 0. The van der Waals surface area contributed by atoms with Gasteiger partial charge < -0.3 is 5.32 Å². The van der Waals surface area contributed by atoms with Crippen LogP contribution in [-0.4, -0.2) is 13.1 Å². The second-order valence-corrected chi connectivity index (χ2v) is 3.86. The van der Waals surface area contributed by atoms with Gasteiger partial charge in [0.2, 0.25) is 0 Å². The summed E-state index contributed by atoms with van der Waals surface area (Å²) in [5.74, 6) is 0.774. The Hall–Kier alpha value is -1.08. The highest BCUT2D eigenvalue weighted by molar-refractivity contribution is 5.48. The molecule has 1 saturated heterocycles. The molecule has 2 rings (SSSR count). The van der Waals surface area contributed by atoms with Gasteiger partial charge in [-0.05, 0) is 37.4 Å². The van der Waals surface area contributed by atoms with Crippen molar-refractivity contribution in [3.8, 4) is 0 Å². The van der Waals surface area contributed by atoms with Gasteiger partial charge in [0.1, 0.15) is 0 Å². The van der Waals surface area contributed by atoms with Crippen molar-refractivity contribution in [2.45, 2.75) is 12.8 Å². The molecule has 0 bridgehead atoms. The minimum Gasteiger partial charge on any atom is -0.317 e. The summed E-state index contributed by atoms with van der Waals surface area (Å²) in [6, 6.07) is 10.5. The van der Waals surface area contributed by atoms with Crippen LogP contribution in [-0.2, 0) is 0 Å². The maximum Gasteiger partial charge on any atom is -0.00433 e. The van der Waals surface area contributed by atoms with Gasteiger partial charge in [0.25, 0.3) is 0 Å². The topological polar surface area (TPSA) is 12.0 Å². The van der Waals surface area contributed by atoms with E-state index in [0.717, 1.165) is 5.92 Å². The molecule has 0 saturated carbocycles. The van der Waals surface area contributed by atoms with Crippen LogP contribution in [0.3, 0.4) is 0 Å². The second kappa shape index (κ2) is 4.97. The second-order valence-electron chi connectivity index (χ2n) is 3.86. The van der Waals surface area contributed by atoms with E-state index in [2.05, 4.69) is 47.8 Å². The minimum absolute atomic E-state index is 0.774. The van der Waals surface area contributed by atoms with E-state index in [-0.39, 0.29) is 0 Å². The van der Waals surface area contributed by atoms with Gasteiger partial charge in [0.05, 0.1) is 0 Å². The lowest BCUT2D eigenvalue weighted by Crippen LogP contribution is -2.26. The van der Waals surface area contributed by atoms with Gasteiger partial charge in [0.15, 0.2) is 0 Å². The lowest BCUT2D eigenvalue weighted by Gasteiger charge is -2.19. The van der Waals surface area contributed by atoms with Crippen LogP contribution in [0.4, 0.5) is 0 Å². The third-order valence-corrected chi connectivity index (χ3v) is 2.74. The molecule has 0 aromatic heterocycles. The molecule has 1 nitrogen and oxygen atoms in total. The first-order valence-electron chi connectivity index (χ1n) is 5.39. The molecule has 1 aliphatic rings. The summed E-state index contributed by atoms with van der Waals surface area (Å²) in [5, 5.41) is 3.38. The first kappa shape index (κ1) is 9.47. The van der Waals surface area contributed by atoms with E-state index in [1.165, 1.54) is 31.5 Å². The van der Waals surface area contributed by atoms with Crippen molar-refractivity contribution in [1.29, 1.82) is 0 Å². The molecule has 74 valence electrons. The van der Waals surface area contributed by atoms with Gasteiger partial charge in [-0.15, -0.1) is 0 Å². The van der Waals surface area contributed by atoms with E-state index in [4.69, 9.17) is 0 Å². The number of nitrogens with one attached hydrogen (secondary N) is 1. The van der Waals surface area contributed by atoms with Crippen molar-refractivity contribution in [2.75, 3.05) is 13.1 Å². The van der Waals surface area contributed by atoms with Crippen LogP contribution in [0, 0.1) is 5.92 Å². The molecule has 14 heavy (non-hydrogen) atoms. The summed E-state index contributed by atoms with van der Waals surface area (Å²) >= 11 is 0. The summed E-state index contributed by atoms with van der Waals surface area (Å²) in [7, 11) is 0. The number of benzene rings is 1. The molecule has 0 spiro atoms. The van der Waals surface area contributed by atoms with Gasteiger partial charge in [-0.2, -0.15) is 0 Å². The molecule has 0 atom stereocenters. The average Bonchev–Trinajstić information content (AvgIpc) is 2.29. The van der Waals surface area contributed by atoms with Gasteiger partial charge in [-0.3, -0.25) is 0 Å². The van der Waals surface area contributed by atoms with Crippen LogP contribution in [0.5, 0.6) is 0 Å². The molecule has 0 unspecified atom stereocenters. The predicted molar refractivity (Wildman–Crippen MR) is 61.1 cm³/mol. The lowest BCUT2D eigenvalue weighted by atomic mass is 9.97. The molecule has 1 N–H and O–H groups in total. The Morgan fingerprint density at radius 3 is 2.50 bits per heavy atom. The highest BCUT2D eigenvalue weighted by Gasteiger charge is 2.08. The predicted octanol–water partition coefficient (Wildman–Crippen LogP) is 2.70. The molecule has 1 aliphatic heterocycles. The quantitative estimate of drug-likeness (QED) is 0.750. The maximum atomic E-state index is 3.38. The monoisotopic (exact) mass is 187 g/mol. The largest absolute Gasteiger partial charge is 0.317 e. The molecule has 1 heterocycles. The third kappa shape index (κ3) is 2.71. The van der Waals surface area contributed by atoms with Gasteiger partial charge in [-0.1, -0.05) is 42.5 Å². The zero-order valence-electron chi connectivity index (χ0n) is 8.45. The van der Waals surface area contributed by atoms with Gasteiger partial charge in [0, 0.05) is 0 Å². The molecular weight excluding hydrogens is 170 g/mol. The molecular formula is C13H17N. The Morgan fingerprint density at radius 1 is 1.07 bits per heavy atom. The number of piperidine rings is 1. The normalized spacial score (nSPS) is 18.9. The Bertz CT molecular complexity index is 283.